The standard InChI is InChI=1S/C17H17Cl2NO/c1-17(2)10-15(12-5-3-4-6-16(12)21-17)20-11-7-8-13(18)14(19)9-11/h3-9,15,20H,10H2,1-2H3. The SMILES string of the molecule is CC1(C)CC(Nc2ccc(Cl)c(Cl)c2)c2ccccc2O1. The molecule has 0 bridgehead atoms. The predicted molar refractivity (Wildman–Crippen MR) is 88.6 cm³/mol. The van der Waals surface area contributed by atoms with Crippen LogP contribution in [0.2, 0.25) is 10.0 Å². The van der Waals surface area contributed by atoms with Crippen molar-refractivity contribution in [2.75, 3.05) is 5.32 Å². The monoisotopic (exact) mass is 321 g/mol. The maximum Gasteiger partial charge on any atom is 0.125 e. The molecule has 2 aromatic carbocycles. The van der Waals surface area contributed by atoms with E-state index in [-0.39, 0.29) is 11.6 Å². The van der Waals surface area contributed by atoms with Crippen molar-refractivity contribution in [3.8, 4) is 5.75 Å². The maximum atomic E-state index is 6.09. The first-order valence-corrected chi connectivity index (χ1v) is 7.70. The molecule has 0 spiro atoms. The van der Waals surface area contributed by atoms with Crippen LogP contribution in [0.15, 0.2) is 42.5 Å². The van der Waals surface area contributed by atoms with E-state index >= 15 is 0 Å². The molecule has 4 heteroatoms. The van der Waals surface area contributed by atoms with Crippen LogP contribution in [0.25, 0.3) is 0 Å². The minimum absolute atomic E-state index is 0.183. The fourth-order valence-electron chi connectivity index (χ4n) is 2.72. The third-order valence-corrected chi connectivity index (χ3v) is 4.38. The van der Waals surface area contributed by atoms with Crippen molar-refractivity contribution in [1.82, 2.24) is 0 Å². The molecule has 110 valence electrons. The number of benzene rings is 2. The molecule has 0 aromatic heterocycles. The number of ether oxygens (including phenoxy) is 1. The van der Waals surface area contributed by atoms with Crippen LogP contribution in [-0.2, 0) is 0 Å². The van der Waals surface area contributed by atoms with Crippen LogP contribution in [0.1, 0.15) is 31.9 Å². The van der Waals surface area contributed by atoms with Crippen LogP contribution >= 0.6 is 23.2 Å². The summed E-state index contributed by atoms with van der Waals surface area (Å²) >= 11 is 12.1. The zero-order valence-corrected chi connectivity index (χ0v) is 13.5. The molecule has 21 heavy (non-hydrogen) atoms. The number of fused-ring (bicyclic) bond motifs is 1. The van der Waals surface area contributed by atoms with Crippen LogP contribution in [-0.4, -0.2) is 5.60 Å². The average Bonchev–Trinajstić information content (AvgIpc) is 2.42. The van der Waals surface area contributed by atoms with E-state index in [2.05, 4.69) is 25.2 Å². The van der Waals surface area contributed by atoms with Crippen molar-refractivity contribution in [3.63, 3.8) is 0 Å². The summed E-state index contributed by atoms with van der Waals surface area (Å²) in [6.45, 7) is 4.21. The van der Waals surface area contributed by atoms with Gasteiger partial charge in [0.25, 0.3) is 0 Å². The Hall–Kier alpha value is -1.38. The molecule has 1 atom stereocenters. The zero-order valence-electron chi connectivity index (χ0n) is 12.0. The quantitative estimate of drug-likeness (QED) is 0.765. The van der Waals surface area contributed by atoms with Crippen LogP contribution in [0.3, 0.4) is 0 Å². The van der Waals surface area contributed by atoms with Gasteiger partial charge < -0.3 is 10.1 Å². The third kappa shape index (κ3) is 3.12. The molecule has 0 radical (unpaired) electrons. The molecule has 1 N–H and O–H groups in total. The first-order chi connectivity index (χ1) is 9.94. The molecular weight excluding hydrogens is 305 g/mol. The van der Waals surface area contributed by atoms with E-state index in [1.165, 1.54) is 5.56 Å². The van der Waals surface area contributed by atoms with Crippen LogP contribution in [0.4, 0.5) is 5.69 Å². The van der Waals surface area contributed by atoms with Gasteiger partial charge in [0.2, 0.25) is 0 Å². The van der Waals surface area contributed by atoms with Crippen LogP contribution < -0.4 is 10.1 Å². The number of hydrogen-bond donors (Lipinski definition) is 1. The first-order valence-electron chi connectivity index (χ1n) is 6.94. The van der Waals surface area contributed by atoms with Crippen LogP contribution in [0.5, 0.6) is 5.75 Å². The van der Waals surface area contributed by atoms with E-state index in [0.29, 0.717) is 10.0 Å². The van der Waals surface area contributed by atoms with Crippen LogP contribution in [0, 0.1) is 0 Å². The highest BCUT2D eigenvalue weighted by atomic mass is 35.5. The summed E-state index contributed by atoms with van der Waals surface area (Å²) in [6.07, 6.45) is 0.879. The summed E-state index contributed by atoms with van der Waals surface area (Å²) in [5.74, 6) is 0.936. The number of anilines is 1. The number of para-hydroxylation sites is 1. The lowest BCUT2D eigenvalue weighted by atomic mass is 9.89. The van der Waals surface area contributed by atoms with Gasteiger partial charge in [0.1, 0.15) is 11.4 Å². The molecule has 0 amide bonds. The highest BCUT2D eigenvalue weighted by Crippen LogP contribution is 2.41. The third-order valence-electron chi connectivity index (χ3n) is 3.64. The minimum Gasteiger partial charge on any atom is -0.487 e. The Morgan fingerprint density at radius 3 is 2.62 bits per heavy atom. The van der Waals surface area contributed by atoms with E-state index in [4.69, 9.17) is 27.9 Å². The predicted octanol–water partition coefficient (Wildman–Crippen LogP) is 5.71. The molecular formula is C17H17Cl2NO. The normalized spacial score (nSPS) is 19.5. The Labute approximate surface area is 135 Å². The number of rotatable bonds is 2. The van der Waals surface area contributed by atoms with Gasteiger partial charge in [0.05, 0.1) is 16.1 Å². The fourth-order valence-corrected chi connectivity index (χ4v) is 3.02. The Bertz CT molecular complexity index is 670. The Morgan fingerprint density at radius 2 is 1.86 bits per heavy atom. The minimum atomic E-state index is -0.206. The molecule has 2 nitrogen and oxygen atoms in total. The van der Waals surface area contributed by atoms with E-state index in [1.54, 1.807) is 0 Å². The Kier molecular flexibility index (Phi) is 3.76. The van der Waals surface area contributed by atoms with Crippen molar-refractivity contribution in [2.24, 2.45) is 0 Å². The van der Waals surface area contributed by atoms with Gasteiger partial charge in [0.15, 0.2) is 0 Å². The van der Waals surface area contributed by atoms with Gasteiger partial charge in [-0.25, -0.2) is 0 Å². The molecule has 2 aromatic rings. The summed E-state index contributed by atoms with van der Waals surface area (Å²) in [5.41, 5.74) is 1.92. The van der Waals surface area contributed by atoms with Gasteiger partial charge >= 0.3 is 0 Å². The molecule has 0 fully saturated rings. The van der Waals surface area contributed by atoms with Gasteiger partial charge in [0, 0.05) is 17.7 Å². The lowest BCUT2D eigenvalue weighted by Gasteiger charge is -2.38. The number of halogens is 2. The zero-order chi connectivity index (χ0) is 15.0. The van der Waals surface area contributed by atoms with Crippen molar-refractivity contribution < 1.29 is 4.74 Å². The van der Waals surface area contributed by atoms with E-state index in [1.807, 2.05) is 36.4 Å². The molecule has 1 aliphatic rings. The van der Waals surface area contributed by atoms with Gasteiger partial charge in [-0.15, -0.1) is 0 Å². The lowest BCUT2D eigenvalue weighted by Crippen LogP contribution is -2.37. The summed E-state index contributed by atoms with van der Waals surface area (Å²) < 4.78 is 6.04. The average molecular weight is 322 g/mol. The first kappa shape index (κ1) is 14.6. The highest BCUT2D eigenvalue weighted by molar-refractivity contribution is 6.42. The smallest absolute Gasteiger partial charge is 0.125 e. The summed E-state index contributed by atoms with van der Waals surface area (Å²) in [4.78, 5) is 0. The van der Waals surface area contributed by atoms with E-state index < -0.39 is 0 Å². The molecule has 0 saturated carbocycles. The van der Waals surface area contributed by atoms with Crippen molar-refractivity contribution in [1.29, 1.82) is 0 Å². The maximum absolute atomic E-state index is 6.09. The Morgan fingerprint density at radius 1 is 1.10 bits per heavy atom. The molecule has 0 aliphatic carbocycles. The number of hydrogen-bond acceptors (Lipinski definition) is 2. The molecule has 3 rings (SSSR count). The van der Waals surface area contributed by atoms with E-state index in [9.17, 15) is 0 Å². The van der Waals surface area contributed by atoms with Crippen molar-refractivity contribution >= 4 is 28.9 Å². The molecule has 1 unspecified atom stereocenters. The summed E-state index contributed by atoms with van der Waals surface area (Å²) in [7, 11) is 0. The second-order valence-electron chi connectivity index (χ2n) is 5.93. The fraction of sp³-hybridized carbons (Fsp3) is 0.294. The van der Waals surface area contributed by atoms with Gasteiger partial charge in [-0.1, -0.05) is 41.4 Å². The Balaban J connectivity index is 1.92. The van der Waals surface area contributed by atoms with Crippen molar-refractivity contribution in [2.45, 2.75) is 31.9 Å². The molecule has 1 heterocycles. The van der Waals surface area contributed by atoms with Gasteiger partial charge in [-0.3, -0.25) is 0 Å². The second kappa shape index (κ2) is 5.43. The highest BCUT2D eigenvalue weighted by Gasteiger charge is 2.33. The summed E-state index contributed by atoms with van der Waals surface area (Å²) in [6, 6.07) is 13.9. The lowest BCUT2D eigenvalue weighted by molar-refractivity contribution is 0.0759. The van der Waals surface area contributed by atoms with Gasteiger partial charge in [-0.05, 0) is 38.1 Å². The van der Waals surface area contributed by atoms with E-state index in [0.717, 1.165) is 17.9 Å². The largest absolute Gasteiger partial charge is 0.487 e. The van der Waals surface area contributed by atoms with Gasteiger partial charge in [-0.2, -0.15) is 0 Å². The van der Waals surface area contributed by atoms with Crippen molar-refractivity contribution in [3.05, 3.63) is 58.1 Å². The number of nitrogens with one attached hydrogen (secondary N) is 1. The molecule has 0 saturated heterocycles. The summed E-state index contributed by atoms with van der Waals surface area (Å²) in [5, 5.41) is 4.66. The topological polar surface area (TPSA) is 21.3 Å². The molecule has 1 aliphatic heterocycles. The second-order valence-corrected chi connectivity index (χ2v) is 6.74.